The molecule has 0 saturated heterocycles. The number of benzene rings is 1. The fourth-order valence-electron chi connectivity index (χ4n) is 1.86. The Balaban J connectivity index is 3.05. The zero-order valence-electron chi connectivity index (χ0n) is 10.2. The van der Waals surface area contributed by atoms with Crippen molar-refractivity contribution in [1.82, 2.24) is 0 Å². The lowest BCUT2D eigenvalue weighted by Gasteiger charge is -2.16. The molecular formula is C13H19F2NO. The highest BCUT2D eigenvalue weighted by atomic mass is 19.3. The molecule has 0 saturated carbocycles. The van der Waals surface area contributed by atoms with Crippen molar-refractivity contribution in [3.8, 4) is 5.75 Å². The summed E-state index contributed by atoms with van der Waals surface area (Å²) in [5, 5.41) is 9.86. The molecular weight excluding hydrogens is 224 g/mol. The molecule has 96 valence electrons. The Morgan fingerprint density at radius 1 is 1.24 bits per heavy atom. The highest BCUT2D eigenvalue weighted by Crippen LogP contribution is 2.26. The molecule has 2 nitrogen and oxygen atoms in total. The Kier molecular flexibility index (Phi) is 4.87. The van der Waals surface area contributed by atoms with Gasteiger partial charge in [0.15, 0.2) is 0 Å². The minimum atomic E-state index is -2.56. The van der Waals surface area contributed by atoms with Crippen molar-refractivity contribution in [1.29, 1.82) is 0 Å². The third-order valence-electron chi connectivity index (χ3n) is 2.93. The largest absolute Gasteiger partial charge is 0.508 e. The maximum Gasteiger partial charge on any atom is 0.253 e. The summed E-state index contributed by atoms with van der Waals surface area (Å²) in [5.74, 6) is 0.0808. The van der Waals surface area contributed by atoms with Crippen molar-refractivity contribution in [3.05, 3.63) is 28.8 Å². The molecule has 0 aliphatic heterocycles. The van der Waals surface area contributed by atoms with Gasteiger partial charge in [0.1, 0.15) is 5.75 Å². The van der Waals surface area contributed by atoms with Crippen LogP contribution in [0.15, 0.2) is 12.1 Å². The number of aryl methyl sites for hydroxylation is 2. The number of rotatable bonds is 5. The number of hydrogen-bond acceptors (Lipinski definition) is 2. The van der Waals surface area contributed by atoms with Crippen LogP contribution in [-0.2, 0) is 19.3 Å². The molecule has 0 aromatic heterocycles. The fraction of sp³-hybridized carbons (Fsp3) is 0.538. The molecule has 0 heterocycles. The molecule has 0 radical (unpaired) electrons. The molecule has 3 N–H and O–H groups in total. The average Bonchev–Trinajstić information content (AvgIpc) is 2.30. The minimum absolute atomic E-state index is 0.0106. The molecule has 1 aromatic carbocycles. The predicted molar refractivity (Wildman–Crippen MR) is 64.5 cm³/mol. The van der Waals surface area contributed by atoms with E-state index >= 15 is 0 Å². The summed E-state index contributed by atoms with van der Waals surface area (Å²) >= 11 is 0. The Morgan fingerprint density at radius 2 is 1.88 bits per heavy atom. The van der Waals surface area contributed by atoms with Gasteiger partial charge >= 0.3 is 0 Å². The molecule has 0 bridgehead atoms. The minimum Gasteiger partial charge on any atom is -0.508 e. The monoisotopic (exact) mass is 243 g/mol. The molecule has 1 unspecified atom stereocenters. The van der Waals surface area contributed by atoms with E-state index in [4.69, 9.17) is 5.73 Å². The molecule has 0 aliphatic rings. The van der Waals surface area contributed by atoms with Gasteiger partial charge in [-0.2, -0.15) is 0 Å². The van der Waals surface area contributed by atoms with Gasteiger partial charge in [-0.3, -0.25) is 0 Å². The highest BCUT2D eigenvalue weighted by molar-refractivity contribution is 5.43. The van der Waals surface area contributed by atoms with Crippen LogP contribution in [0.25, 0.3) is 0 Å². The van der Waals surface area contributed by atoms with E-state index in [0.29, 0.717) is 12.0 Å². The Bertz CT molecular complexity index is 380. The molecule has 4 heteroatoms. The first-order valence-electron chi connectivity index (χ1n) is 5.86. The number of phenolic OH excluding ortho intramolecular Hbond substituents is 1. The lowest BCUT2D eigenvalue weighted by atomic mass is 9.95. The molecule has 0 aliphatic carbocycles. The third kappa shape index (κ3) is 3.40. The van der Waals surface area contributed by atoms with Crippen LogP contribution in [0.5, 0.6) is 5.75 Å². The van der Waals surface area contributed by atoms with Gasteiger partial charge < -0.3 is 10.8 Å². The van der Waals surface area contributed by atoms with Crippen LogP contribution in [0.1, 0.15) is 30.5 Å². The van der Waals surface area contributed by atoms with Crippen molar-refractivity contribution in [2.45, 2.75) is 45.6 Å². The van der Waals surface area contributed by atoms with E-state index in [1.165, 1.54) is 0 Å². The molecule has 17 heavy (non-hydrogen) atoms. The molecule has 1 atom stereocenters. The standard InChI is InChI=1S/C13H19F2NO/c1-3-8-5-9(4-2)10(12(17)6-8)7-11(16)13(14)15/h5-6,11,13,17H,3-4,7,16H2,1-2H3. The number of hydrogen-bond donors (Lipinski definition) is 2. The average molecular weight is 243 g/mol. The van der Waals surface area contributed by atoms with Gasteiger partial charge in [-0.05, 0) is 42.0 Å². The number of nitrogens with two attached hydrogens (primary N) is 1. The van der Waals surface area contributed by atoms with Gasteiger partial charge in [0.05, 0.1) is 6.04 Å². The molecule has 0 fully saturated rings. The number of aromatic hydroxyl groups is 1. The van der Waals surface area contributed by atoms with Crippen LogP contribution in [0.4, 0.5) is 8.78 Å². The van der Waals surface area contributed by atoms with E-state index in [0.717, 1.165) is 17.5 Å². The maximum absolute atomic E-state index is 12.4. The summed E-state index contributed by atoms with van der Waals surface area (Å²) in [6.07, 6.45) is -1.05. The van der Waals surface area contributed by atoms with Crippen LogP contribution in [-0.4, -0.2) is 17.6 Å². The summed E-state index contributed by atoms with van der Waals surface area (Å²) in [5.41, 5.74) is 7.81. The fourth-order valence-corrected chi connectivity index (χ4v) is 1.86. The second-order valence-corrected chi connectivity index (χ2v) is 4.16. The first-order chi connectivity index (χ1) is 7.99. The lowest BCUT2D eigenvalue weighted by molar-refractivity contribution is 0.115. The van der Waals surface area contributed by atoms with Gasteiger partial charge in [0.25, 0.3) is 6.43 Å². The second-order valence-electron chi connectivity index (χ2n) is 4.16. The Hall–Kier alpha value is -1.16. The zero-order chi connectivity index (χ0) is 13.0. The summed E-state index contributed by atoms with van der Waals surface area (Å²) in [6.45, 7) is 3.92. The van der Waals surface area contributed by atoms with Crippen molar-refractivity contribution in [2.75, 3.05) is 0 Å². The van der Waals surface area contributed by atoms with E-state index in [-0.39, 0.29) is 12.2 Å². The van der Waals surface area contributed by atoms with Gasteiger partial charge in [-0.1, -0.05) is 19.9 Å². The third-order valence-corrected chi connectivity index (χ3v) is 2.93. The summed E-state index contributed by atoms with van der Waals surface area (Å²) in [6, 6.07) is 2.36. The van der Waals surface area contributed by atoms with E-state index in [1.54, 1.807) is 6.07 Å². The SMILES string of the molecule is CCc1cc(O)c(CC(N)C(F)F)c(CC)c1. The van der Waals surface area contributed by atoms with Gasteiger partial charge in [-0.25, -0.2) is 8.78 Å². The topological polar surface area (TPSA) is 46.2 Å². The van der Waals surface area contributed by atoms with Crippen LogP contribution in [0.2, 0.25) is 0 Å². The predicted octanol–water partition coefficient (Wildman–Crippen LogP) is 2.65. The number of alkyl halides is 2. The van der Waals surface area contributed by atoms with Crippen molar-refractivity contribution in [3.63, 3.8) is 0 Å². The summed E-state index contributed by atoms with van der Waals surface area (Å²) in [4.78, 5) is 0. The van der Waals surface area contributed by atoms with E-state index in [1.807, 2.05) is 19.9 Å². The van der Waals surface area contributed by atoms with Gasteiger partial charge in [0, 0.05) is 0 Å². The second kappa shape index (κ2) is 5.96. The van der Waals surface area contributed by atoms with E-state index < -0.39 is 12.5 Å². The van der Waals surface area contributed by atoms with E-state index in [9.17, 15) is 13.9 Å². The first kappa shape index (κ1) is 13.9. The molecule has 0 amide bonds. The van der Waals surface area contributed by atoms with Crippen molar-refractivity contribution >= 4 is 0 Å². The van der Waals surface area contributed by atoms with Gasteiger partial charge in [0.2, 0.25) is 0 Å². The van der Waals surface area contributed by atoms with Crippen LogP contribution in [0.3, 0.4) is 0 Å². The molecule has 1 aromatic rings. The zero-order valence-corrected chi connectivity index (χ0v) is 10.2. The molecule has 0 spiro atoms. The molecule has 1 rings (SSSR count). The van der Waals surface area contributed by atoms with Crippen molar-refractivity contribution < 1.29 is 13.9 Å². The number of halogens is 2. The normalized spacial score (nSPS) is 13.1. The maximum atomic E-state index is 12.4. The smallest absolute Gasteiger partial charge is 0.253 e. The quantitative estimate of drug-likeness (QED) is 0.835. The Labute approximate surface area is 100 Å². The first-order valence-corrected chi connectivity index (χ1v) is 5.86. The van der Waals surface area contributed by atoms with Crippen molar-refractivity contribution in [2.24, 2.45) is 5.73 Å². The number of phenols is 1. The van der Waals surface area contributed by atoms with Crippen LogP contribution >= 0.6 is 0 Å². The van der Waals surface area contributed by atoms with Gasteiger partial charge in [-0.15, -0.1) is 0 Å². The Morgan fingerprint density at radius 3 is 2.35 bits per heavy atom. The summed E-state index contributed by atoms with van der Waals surface area (Å²) < 4.78 is 24.8. The van der Waals surface area contributed by atoms with Crippen LogP contribution < -0.4 is 5.73 Å². The lowest BCUT2D eigenvalue weighted by Crippen LogP contribution is -2.31. The van der Waals surface area contributed by atoms with Crippen LogP contribution in [0, 0.1) is 0 Å². The summed E-state index contributed by atoms with van der Waals surface area (Å²) in [7, 11) is 0. The van der Waals surface area contributed by atoms with E-state index in [2.05, 4.69) is 0 Å². The highest BCUT2D eigenvalue weighted by Gasteiger charge is 2.19.